The fourth-order valence-electron chi connectivity index (χ4n) is 4.29. The Hall–Kier alpha value is -2.63. The zero-order chi connectivity index (χ0) is 20.4. The summed E-state index contributed by atoms with van der Waals surface area (Å²) in [5, 5.41) is 11.6. The van der Waals surface area contributed by atoms with Gasteiger partial charge in [0.05, 0.1) is 0 Å². The Bertz CT molecular complexity index is 1040. The monoisotopic (exact) mass is 387 g/mol. The van der Waals surface area contributed by atoms with Crippen molar-refractivity contribution in [3.63, 3.8) is 0 Å². The molecule has 0 aliphatic carbocycles. The quantitative estimate of drug-likeness (QED) is 0.659. The summed E-state index contributed by atoms with van der Waals surface area (Å²) < 4.78 is 14.4. The van der Waals surface area contributed by atoms with Crippen LogP contribution in [-0.2, 0) is 6.54 Å². The molecule has 147 valence electrons. The van der Waals surface area contributed by atoms with Crippen molar-refractivity contribution >= 4 is 29.4 Å². The SMILES string of the molecule is C=C(c1cccc2ccc([B]O)cc12)N1CCC(c2cc(CN)ccc2F)CC1. The van der Waals surface area contributed by atoms with Crippen LogP contribution in [0, 0.1) is 5.82 Å². The summed E-state index contributed by atoms with van der Waals surface area (Å²) >= 11 is 0. The van der Waals surface area contributed by atoms with E-state index in [1.807, 2.05) is 30.3 Å². The van der Waals surface area contributed by atoms with Crippen LogP contribution < -0.4 is 11.2 Å². The zero-order valence-electron chi connectivity index (χ0n) is 16.4. The number of rotatable bonds is 5. The molecule has 1 radical (unpaired) electrons. The van der Waals surface area contributed by atoms with Crippen molar-refractivity contribution in [2.24, 2.45) is 5.73 Å². The van der Waals surface area contributed by atoms with E-state index < -0.39 is 0 Å². The third-order valence-electron chi connectivity index (χ3n) is 5.98. The first-order valence-electron chi connectivity index (χ1n) is 10.0. The third kappa shape index (κ3) is 3.93. The lowest BCUT2D eigenvalue weighted by atomic mass is 9.85. The minimum absolute atomic E-state index is 0.138. The first kappa shape index (κ1) is 19.7. The van der Waals surface area contributed by atoms with Crippen molar-refractivity contribution in [3.05, 3.63) is 83.7 Å². The number of nitrogens with zero attached hydrogens (tertiary/aromatic N) is 1. The number of piperidine rings is 1. The maximum absolute atomic E-state index is 14.4. The van der Waals surface area contributed by atoms with E-state index in [1.165, 1.54) is 6.07 Å². The summed E-state index contributed by atoms with van der Waals surface area (Å²) in [5.41, 5.74) is 10.3. The Labute approximate surface area is 171 Å². The van der Waals surface area contributed by atoms with Gasteiger partial charge >= 0.3 is 7.48 Å². The van der Waals surface area contributed by atoms with Gasteiger partial charge in [0.25, 0.3) is 0 Å². The average Bonchev–Trinajstić information content (AvgIpc) is 2.78. The average molecular weight is 387 g/mol. The summed E-state index contributed by atoms with van der Waals surface area (Å²) in [6, 6.07) is 17.3. The van der Waals surface area contributed by atoms with Gasteiger partial charge in [0.1, 0.15) is 5.82 Å². The molecule has 1 saturated heterocycles. The van der Waals surface area contributed by atoms with Crippen LogP contribution in [0.1, 0.15) is 35.4 Å². The van der Waals surface area contributed by atoms with E-state index in [-0.39, 0.29) is 11.7 Å². The van der Waals surface area contributed by atoms with E-state index in [0.717, 1.165) is 72.0 Å². The van der Waals surface area contributed by atoms with Gasteiger partial charge in [-0.15, -0.1) is 0 Å². The number of benzene rings is 3. The van der Waals surface area contributed by atoms with Crippen molar-refractivity contribution in [2.45, 2.75) is 25.3 Å². The molecule has 0 aromatic heterocycles. The zero-order valence-corrected chi connectivity index (χ0v) is 16.4. The smallest absolute Gasteiger partial charge is 0.326 e. The summed E-state index contributed by atoms with van der Waals surface area (Å²) in [6.07, 6.45) is 1.76. The minimum Gasteiger partial charge on any atom is -0.450 e. The summed E-state index contributed by atoms with van der Waals surface area (Å²) in [6.45, 7) is 6.45. The van der Waals surface area contributed by atoms with E-state index >= 15 is 0 Å². The standard InChI is InChI=1S/C24H25BFN2O/c1-16(21-4-2-3-18-6-7-20(25-29)14-22(18)21)28-11-9-19(10-12-28)23-13-17(15-27)5-8-24(23)26/h2-8,13-14,19,29H,1,9-12,15,27H2. The molecule has 3 aromatic carbocycles. The molecule has 3 aromatic rings. The number of fused-ring (bicyclic) bond motifs is 1. The van der Waals surface area contributed by atoms with Gasteiger partial charge < -0.3 is 15.7 Å². The first-order valence-corrected chi connectivity index (χ1v) is 10.0. The maximum atomic E-state index is 14.4. The van der Waals surface area contributed by atoms with Gasteiger partial charge in [-0.3, -0.25) is 0 Å². The highest BCUT2D eigenvalue weighted by atomic mass is 19.1. The molecule has 5 heteroatoms. The van der Waals surface area contributed by atoms with E-state index in [9.17, 15) is 9.41 Å². The van der Waals surface area contributed by atoms with Crippen LogP contribution in [0.5, 0.6) is 0 Å². The molecule has 0 atom stereocenters. The highest BCUT2D eigenvalue weighted by Crippen LogP contribution is 2.34. The molecule has 1 heterocycles. The van der Waals surface area contributed by atoms with Crippen LogP contribution in [0.4, 0.5) is 4.39 Å². The fourth-order valence-corrected chi connectivity index (χ4v) is 4.29. The van der Waals surface area contributed by atoms with Gasteiger partial charge in [-0.25, -0.2) is 4.39 Å². The lowest BCUT2D eigenvalue weighted by Crippen LogP contribution is -2.31. The lowest BCUT2D eigenvalue weighted by molar-refractivity contribution is 0.296. The van der Waals surface area contributed by atoms with E-state index in [0.29, 0.717) is 6.54 Å². The molecule has 1 fully saturated rings. The molecule has 29 heavy (non-hydrogen) atoms. The van der Waals surface area contributed by atoms with Crippen molar-refractivity contribution in [1.29, 1.82) is 0 Å². The molecule has 0 unspecified atom stereocenters. The van der Waals surface area contributed by atoms with Crippen molar-refractivity contribution in [1.82, 2.24) is 4.90 Å². The van der Waals surface area contributed by atoms with Gasteiger partial charge in [0.15, 0.2) is 0 Å². The number of hydrogen-bond donors (Lipinski definition) is 2. The van der Waals surface area contributed by atoms with Crippen molar-refractivity contribution in [3.8, 4) is 0 Å². The van der Waals surface area contributed by atoms with Crippen LogP contribution in [-0.4, -0.2) is 30.5 Å². The van der Waals surface area contributed by atoms with Crippen LogP contribution in [0.2, 0.25) is 0 Å². The van der Waals surface area contributed by atoms with Crippen LogP contribution in [0.25, 0.3) is 16.5 Å². The molecule has 1 aliphatic heterocycles. The predicted molar refractivity (Wildman–Crippen MR) is 118 cm³/mol. The van der Waals surface area contributed by atoms with E-state index in [2.05, 4.69) is 23.6 Å². The highest BCUT2D eigenvalue weighted by Gasteiger charge is 2.24. The van der Waals surface area contributed by atoms with Gasteiger partial charge in [-0.05, 0) is 46.7 Å². The molecule has 0 saturated carbocycles. The van der Waals surface area contributed by atoms with E-state index in [4.69, 9.17) is 5.73 Å². The maximum Gasteiger partial charge on any atom is 0.326 e. The number of hydrogen-bond acceptors (Lipinski definition) is 3. The fraction of sp³-hybridized carbons (Fsp3) is 0.250. The molecule has 0 spiro atoms. The van der Waals surface area contributed by atoms with Gasteiger partial charge in [0, 0.05) is 30.9 Å². The van der Waals surface area contributed by atoms with Crippen LogP contribution in [0.15, 0.2) is 61.2 Å². The molecule has 1 aliphatic rings. The lowest BCUT2D eigenvalue weighted by Gasteiger charge is -2.35. The molecule has 0 bridgehead atoms. The Morgan fingerprint density at radius 1 is 1.14 bits per heavy atom. The number of halogens is 1. The summed E-state index contributed by atoms with van der Waals surface area (Å²) in [4.78, 5) is 2.28. The highest BCUT2D eigenvalue weighted by molar-refractivity contribution is 6.46. The Balaban J connectivity index is 1.53. The molecule has 3 N–H and O–H groups in total. The van der Waals surface area contributed by atoms with Gasteiger partial charge in [0.2, 0.25) is 0 Å². The number of likely N-dealkylation sites (tertiary alicyclic amines) is 1. The summed E-state index contributed by atoms with van der Waals surface area (Å²) in [5.74, 6) is 0.0648. The van der Waals surface area contributed by atoms with E-state index in [1.54, 1.807) is 6.07 Å². The second-order valence-electron chi connectivity index (χ2n) is 7.68. The van der Waals surface area contributed by atoms with Gasteiger partial charge in [-0.1, -0.05) is 60.6 Å². The Morgan fingerprint density at radius 3 is 2.66 bits per heavy atom. The van der Waals surface area contributed by atoms with Crippen LogP contribution in [0.3, 0.4) is 0 Å². The predicted octanol–water partition coefficient (Wildman–Crippen LogP) is 3.52. The third-order valence-corrected chi connectivity index (χ3v) is 5.98. The van der Waals surface area contributed by atoms with Crippen LogP contribution >= 0.6 is 0 Å². The Kier molecular flexibility index (Phi) is 5.70. The number of nitrogens with two attached hydrogens (primary N) is 1. The molecular formula is C24H25BFN2O. The molecule has 4 rings (SSSR count). The van der Waals surface area contributed by atoms with Crippen molar-refractivity contribution < 1.29 is 9.41 Å². The normalized spacial score (nSPS) is 14.9. The molecular weight excluding hydrogens is 362 g/mol. The topological polar surface area (TPSA) is 49.5 Å². The second-order valence-corrected chi connectivity index (χ2v) is 7.68. The van der Waals surface area contributed by atoms with Crippen molar-refractivity contribution in [2.75, 3.05) is 13.1 Å². The van der Waals surface area contributed by atoms with Gasteiger partial charge in [-0.2, -0.15) is 0 Å². The largest absolute Gasteiger partial charge is 0.450 e. The minimum atomic E-state index is -0.138. The molecule has 3 nitrogen and oxygen atoms in total. The first-order chi connectivity index (χ1) is 14.1. The Morgan fingerprint density at radius 2 is 1.93 bits per heavy atom. The summed E-state index contributed by atoms with van der Waals surface area (Å²) in [7, 11) is 1.12. The second kappa shape index (κ2) is 8.40. The molecule has 0 amide bonds.